The summed E-state index contributed by atoms with van der Waals surface area (Å²) >= 11 is 1.74. The smallest absolute Gasteiger partial charge is 0.254 e. The molecule has 0 bridgehead atoms. The summed E-state index contributed by atoms with van der Waals surface area (Å²) in [4.78, 5) is 31.8. The molecule has 2 amide bonds. The van der Waals surface area contributed by atoms with E-state index in [0.29, 0.717) is 18.7 Å². The van der Waals surface area contributed by atoms with Crippen LogP contribution in [0.2, 0.25) is 0 Å². The second-order valence-electron chi connectivity index (χ2n) is 8.81. The predicted molar refractivity (Wildman–Crippen MR) is 130 cm³/mol. The highest BCUT2D eigenvalue weighted by molar-refractivity contribution is 7.10. The maximum Gasteiger partial charge on any atom is 0.254 e. The van der Waals surface area contributed by atoms with Crippen molar-refractivity contribution in [3.63, 3.8) is 0 Å². The number of aryl methyl sites for hydroxylation is 1. The van der Waals surface area contributed by atoms with Crippen LogP contribution in [-0.2, 0) is 11.2 Å². The fourth-order valence-electron chi connectivity index (χ4n) is 4.42. The molecule has 5 rings (SSSR count). The van der Waals surface area contributed by atoms with E-state index < -0.39 is 0 Å². The maximum atomic E-state index is 13.6. The number of benzene rings is 2. The minimum absolute atomic E-state index is 0.0131. The molecule has 1 saturated carbocycles. The normalized spacial score (nSPS) is 17.4. The highest BCUT2D eigenvalue weighted by Crippen LogP contribution is 2.35. The van der Waals surface area contributed by atoms with E-state index in [1.54, 1.807) is 16.2 Å². The van der Waals surface area contributed by atoms with Crippen molar-refractivity contribution in [2.75, 3.05) is 19.7 Å². The van der Waals surface area contributed by atoms with Gasteiger partial charge >= 0.3 is 0 Å². The number of amides is 2. The van der Waals surface area contributed by atoms with E-state index in [2.05, 4.69) is 11.4 Å². The number of carbonyl (C=O) groups excluding carboxylic acids is 2. The average Bonchev–Trinajstić information content (AvgIpc) is 3.57. The van der Waals surface area contributed by atoms with Gasteiger partial charge in [0.15, 0.2) is 0 Å². The third-order valence-electron chi connectivity index (χ3n) is 6.42. The number of thiophene rings is 1. The lowest BCUT2D eigenvalue weighted by atomic mass is 10.0. The van der Waals surface area contributed by atoms with Crippen LogP contribution in [0.15, 0.2) is 66.0 Å². The van der Waals surface area contributed by atoms with Gasteiger partial charge in [0.1, 0.15) is 18.9 Å². The van der Waals surface area contributed by atoms with Crippen molar-refractivity contribution < 1.29 is 14.3 Å². The van der Waals surface area contributed by atoms with Gasteiger partial charge in [-0.3, -0.25) is 9.59 Å². The molecule has 2 heterocycles. The maximum absolute atomic E-state index is 13.6. The Balaban J connectivity index is 1.34. The molecule has 3 aromatic rings. The van der Waals surface area contributed by atoms with Gasteiger partial charge in [0.05, 0.1) is 6.04 Å². The number of fused-ring (bicyclic) bond motifs is 1. The fourth-order valence-corrected chi connectivity index (χ4v) is 5.35. The van der Waals surface area contributed by atoms with Gasteiger partial charge in [0.2, 0.25) is 5.91 Å². The molecule has 2 aromatic carbocycles. The third-order valence-corrected chi connectivity index (χ3v) is 7.42. The molecule has 1 atom stereocenters. The summed E-state index contributed by atoms with van der Waals surface area (Å²) in [6.45, 7) is 3.16. The summed E-state index contributed by atoms with van der Waals surface area (Å²) in [5.74, 6) is 0.721. The molecule has 0 spiro atoms. The van der Waals surface area contributed by atoms with Gasteiger partial charge in [0, 0.05) is 23.0 Å². The second kappa shape index (κ2) is 9.40. The van der Waals surface area contributed by atoms with E-state index >= 15 is 0 Å². The molecule has 0 unspecified atom stereocenters. The summed E-state index contributed by atoms with van der Waals surface area (Å²) in [5.41, 5.74) is 2.92. The Hall–Kier alpha value is -3.12. The number of hydrogen-bond donors (Lipinski definition) is 0. The first-order chi connectivity index (χ1) is 16.1. The van der Waals surface area contributed by atoms with Crippen LogP contribution in [0.1, 0.15) is 45.2 Å². The molecule has 0 saturated heterocycles. The van der Waals surface area contributed by atoms with Crippen LogP contribution in [0, 0.1) is 6.92 Å². The predicted octanol–water partition coefficient (Wildman–Crippen LogP) is 4.87. The number of para-hydroxylation sites is 1. The molecule has 0 radical (unpaired) electrons. The van der Waals surface area contributed by atoms with E-state index in [1.807, 2.05) is 66.4 Å². The second-order valence-corrected chi connectivity index (χ2v) is 9.81. The van der Waals surface area contributed by atoms with Crippen molar-refractivity contribution in [3.8, 4) is 5.75 Å². The Labute approximate surface area is 198 Å². The molecule has 33 heavy (non-hydrogen) atoms. The Kier molecular flexibility index (Phi) is 6.18. The molecule has 6 heteroatoms. The highest BCUT2D eigenvalue weighted by Gasteiger charge is 2.38. The van der Waals surface area contributed by atoms with E-state index in [4.69, 9.17) is 4.74 Å². The molecule has 5 nitrogen and oxygen atoms in total. The topological polar surface area (TPSA) is 49.9 Å². The zero-order chi connectivity index (χ0) is 22.8. The number of nitrogens with zero attached hydrogens (tertiary/aromatic N) is 2. The van der Waals surface area contributed by atoms with Gasteiger partial charge in [0.25, 0.3) is 5.91 Å². The Bertz CT molecular complexity index is 1120. The number of hydrogen-bond acceptors (Lipinski definition) is 4. The van der Waals surface area contributed by atoms with Gasteiger partial charge in [-0.2, -0.15) is 0 Å². The van der Waals surface area contributed by atoms with E-state index in [1.165, 1.54) is 10.4 Å². The molecule has 1 aliphatic heterocycles. The number of ether oxygens (including phenoxy) is 1. The van der Waals surface area contributed by atoms with Crippen LogP contribution < -0.4 is 4.74 Å². The summed E-state index contributed by atoms with van der Waals surface area (Å²) < 4.78 is 6.08. The molecule has 1 fully saturated rings. The van der Waals surface area contributed by atoms with Crippen molar-refractivity contribution in [1.29, 1.82) is 0 Å². The minimum Gasteiger partial charge on any atom is -0.491 e. The highest BCUT2D eigenvalue weighted by atomic mass is 32.1. The third kappa shape index (κ3) is 4.81. The van der Waals surface area contributed by atoms with Gasteiger partial charge in [-0.1, -0.05) is 35.9 Å². The Morgan fingerprint density at radius 2 is 1.82 bits per heavy atom. The first-order valence-corrected chi connectivity index (χ1v) is 12.4. The molecule has 1 aliphatic carbocycles. The van der Waals surface area contributed by atoms with Crippen LogP contribution in [0.25, 0.3) is 0 Å². The van der Waals surface area contributed by atoms with Crippen LogP contribution in [0.5, 0.6) is 5.75 Å². The van der Waals surface area contributed by atoms with Crippen molar-refractivity contribution in [3.05, 3.63) is 87.6 Å². The van der Waals surface area contributed by atoms with Gasteiger partial charge in [-0.25, -0.2) is 0 Å². The largest absolute Gasteiger partial charge is 0.491 e. The number of rotatable bonds is 7. The van der Waals surface area contributed by atoms with E-state index in [0.717, 1.165) is 30.6 Å². The fraction of sp³-hybridized carbons (Fsp3) is 0.333. The van der Waals surface area contributed by atoms with E-state index in [9.17, 15) is 9.59 Å². The molecule has 170 valence electrons. The standard InChI is InChI=1S/C27H28N2O3S/c1-19-7-9-20(10-8-19)27(31)29(21-11-12-21)17-26(30)28-15-13-25-23(14-16-33-25)24(28)18-32-22-5-3-2-4-6-22/h2-10,14,16,21,24H,11-13,15,17-18H2,1H3/t24-/m0/s1. The Morgan fingerprint density at radius 1 is 1.06 bits per heavy atom. The zero-order valence-corrected chi connectivity index (χ0v) is 19.6. The van der Waals surface area contributed by atoms with Crippen LogP contribution >= 0.6 is 11.3 Å². The first-order valence-electron chi connectivity index (χ1n) is 11.5. The quantitative estimate of drug-likeness (QED) is 0.506. The molecular weight excluding hydrogens is 432 g/mol. The Morgan fingerprint density at radius 3 is 2.55 bits per heavy atom. The van der Waals surface area contributed by atoms with Crippen molar-refractivity contribution in [2.45, 2.75) is 38.3 Å². The SMILES string of the molecule is Cc1ccc(C(=O)N(CC(=O)N2CCc3sccc3[C@@H]2COc2ccccc2)C2CC2)cc1. The van der Waals surface area contributed by atoms with Gasteiger partial charge in [-0.15, -0.1) is 11.3 Å². The molecule has 1 aromatic heterocycles. The zero-order valence-electron chi connectivity index (χ0n) is 18.8. The molecule has 2 aliphatic rings. The van der Waals surface area contributed by atoms with Crippen LogP contribution in [0.3, 0.4) is 0 Å². The van der Waals surface area contributed by atoms with Gasteiger partial charge in [-0.05, 0) is 67.5 Å². The summed E-state index contributed by atoms with van der Waals surface area (Å²) in [6.07, 6.45) is 2.76. The molecular formula is C27H28N2O3S. The van der Waals surface area contributed by atoms with Crippen LogP contribution in [0.4, 0.5) is 0 Å². The summed E-state index contributed by atoms with van der Waals surface area (Å²) in [5, 5.41) is 2.09. The average molecular weight is 461 g/mol. The van der Waals surface area contributed by atoms with Crippen molar-refractivity contribution in [1.82, 2.24) is 9.80 Å². The first kappa shape index (κ1) is 21.7. The van der Waals surface area contributed by atoms with Crippen molar-refractivity contribution in [2.24, 2.45) is 0 Å². The van der Waals surface area contributed by atoms with E-state index in [-0.39, 0.29) is 30.4 Å². The number of carbonyl (C=O) groups is 2. The minimum atomic E-state index is -0.150. The van der Waals surface area contributed by atoms with Crippen LogP contribution in [-0.4, -0.2) is 47.4 Å². The summed E-state index contributed by atoms with van der Waals surface area (Å²) in [6, 6.07) is 19.4. The monoisotopic (exact) mass is 460 g/mol. The lowest BCUT2D eigenvalue weighted by molar-refractivity contribution is -0.135. The summed E-state index contributed by atoms with van der Waals surface area (Å²) in [7, 11) is 0. The van der Waals surface area contributed by atoms with Gasteiger partial charge < -0.3 is 14.5 Å². The lowest BCUT2D eigenvalue weighted by Gasteiger charge is -2.37. The van der Waals surface area contributed by atoms with Crippen molar-refractivity contribution >= 4 is 23.2 Å². The molecule has 0 N–H and O–H groups in total. The lowest BCUT2D eigenvalue weighted by Crippen LogP contribution is -2.48.